The highest BCUT2D eigenvalue weighted by Crippen LogP contribution is 2.28. The second kappa shape index (κ2) is 5.83. The number of aliphatic hydroxyl groups excluding tert-OH is 1. The molecule has 0 saturated heterocycles. The predicted molar refractivity (Wildman–Crippen MR) is 81.3 cm³/mol. The Morgan fingerprint density at radius 2 is 2.05 bits per heavy atom. The van der Waals surface area contributed by atoms with Gasteiger partial charge in [-0.3, -0.25) is 0 Å². The highest BCUT2D eigenvalue weighted by Gasteiger charge is 2.15. The molecule has 3 rings (SSSR count). The molecule has 0 amide bonds. The molecular formula is C16H23N3O. The van der Waals surface area contributed by atoms with Gasteiger partial charge in [0.05, 0.1) is 11.0 Å². The van der Waals surface area contributed by atoms with E-state index in [-0.39, 0.29) is 6.61 Å². The monoisotopic (exact) mass is 273 g/mol. The Balaban J connectivity index is 1.81. The van der Waals surface area contributed by atoms with Crippen LogP contribution in [0.15, 0.2) is 18.2 Å². The molecule has 1 aliphatic carbocycles. The number of nitrogen functional groups attached to an aromatic ring is 1. The molecule has 0 unspecified atom stereocenters. The molecule has 1 aliphatic rings. The number of hydrogen-bond acceptors (Lipinski definition) is 3. The molecule has 0 aliphatic heterocycles. The SMILES string of the molecule is Nc1ccc2c(c1)nc(CO)n2CCC1CCCCC1. The molecule has 0 spiro atoms. The third-order valence-corrected chi connectivity index (χ3v) is 4.48. The number of aliphatic hydroxyl groups is 1. The molecular weight excluding hydrogens is 250 g/mol. The number of aromatic nitrogens is 2. The number of benzene rings is 1. The summed E-state index contributed by atoms with van der Waals surface area (Å²) in [6.07, 6.45) is 8.04. The summed E-state index contributed by atoms with van der Waals surface area (Å²) in [5.74, 6) is 1.59. The Kier molecular flexibility index (Phi) is 3.92. The van der Waals surface area contributed by atoms with Gasteiger partial charge in [0.2, 0.25) is 0 Å². The van der Waals surface area contributed by atoms with Gasteiger partial charge in [-0.1, -0.05) is 32.1 Å². The van der Waals surface area contributed by atoms with E-state index in [1.54, 1.807) is 0 Å². The number of rotatable bonds is 4. The van der Waals surface area contributed by atoms with Crippen LogP contribution in [-0.2, 0) is 13.2 Å². The van der Waals surface area contributed by atoms with E-state index < -0.39 is 0 Å². The second-order valence-corrected chi connectivity index (χ2v) is 5.88. The van der Waals surface area contributed by atoms with Gasteiger partial charge < -0.3 is 15.4 Å². The normalized spacial score (nSPS) is 16.9. The maximum atomic E-state index is 9.51. The second-order valence-electron chi connectivity index (χ2n) is 5.88. The zero-order chi connectivity index (χ0) is 13.9. The molecule has 108 valence electrons. The van der Waals surface area contributed by atoms with Crippen molar-refractivity contribution >= 4 is 16.7 Å². The zero-order valence-corrected chi connectivity index (χ0v) is 11.9. The highest BCUT2D eigenvalue weighted by atomic mass is 16.3. The summed E-state index contributed by atoms with van der Waals surface area (Å²) in [4.78, 5) is 4.49. The van der Waals surface area contributed by atoms with E-state index in [0.29, 0.717) is 0 Å². The van der Waals surface area contributed by atoms with Crippen LogP contribution in [0.2, 0.25) is 0 Å². The minimum atomic E-state index is -0.0146. The first-order valence-electron chi connectivity index (χ1n) is 7.63. The average molecular weight is 273 g/mol. The summed E-state index contributed by atoms with van der Waals surface area (Å²) in [6.45, 7) is 0.931. The van der Waals surface area contributed by atoms with E-state index >= 15 is 0 Å². The molecule has 3 N–H and O–H groups in total. The molecule has 1 heterocycles. The Bertz CT molecular complexity index is 585. The van der Waals surface area contributed by atoms with Crippen LogP contribution in [0.25, 0.3) is 11.0 Å². The van der Waals surface area contributed by atoms with Crippen LogP contribution in [0.5, 0.6) is 0 Å². The van der Waals surface area contributed by atoms with E-state index in [1.807, 2.05) is 18.2 Å². The fourth-order valence-corrected chi connectivity index (χ4v) is 3.35. The Hall–Kier alpha value is -1.55. The van der Waals surface area contributed by atoms with Crippen molar-refractivity contribution < 1.29 is 5.11 Å². The number of fused-ring (bicyclic) bond motifs is 1. The van der Waals surface area contributed by atoms with E-state index in [4.69, 9.17) is 5.73 Å². The number of nitrogens with zero attached hydrogens (tertiary/aromatic N) is 2. The number of nitrogens with two attached hydrogens (primary N) is 1. The van der Waals surface area contributed by atoms with Crippen LogP contribution in [0.4, 0.5) is 5.69 Å². The van der Waals surface area contributed by atoms with Gasteiger partial charge in [0.1, 0.15) is 12.4 Å². The molecule has 2 aromatic rings. The predicted octanol–water partition coefficient (Wildman–Crippen LogP) is 3.08. The lowest BCUT2D eigenvalue weighted by atomic mass is 9.87. The van der Waals surface area contributed by atoms with Gasteiger partial charge in [-0.2, -0.15) is 0 Å². The minimum absolute atomic E-state index is 0.0146. The lowest BCUT2D eigenvalue weighted by Gasteiger charge is -2.22. The minimum Gasteiger partial charge on any atom is -0.399 e. The molecule has 20 heavy (non-hydrogen) atoms. The fourth-order valence-electron chi connectivity index (χ4n) is 3.35. The van der Waals surface area contributed by atoms with Gasteiger partial charge in [-0.25, -0.2) is 4.98 Å². The van der Waals surface area contributed by atoms with Gasteiger partial charge in [-0.15, -0.1) is 0 Å². The summed E-state index contributed by atoms with van der Waals surface area (Å²) in [5, 5.41) is 9.51. The van der Waals surface area contributed by atoms with Crippen LogP contribution in [-0.4, -0.2) is 14.7 Å². The Morgan fingerprint density at radius 3 is 2.80 bits per heavy atom. The van der Waals surface area contributed by atoms with Crippen LogP contribution in [0, 0.1) is 5.92 Å². The van der Waals surface area contributed by atoms with Crippen molar-refractivity contribution in [2.45, 2.75) is 51.7 Å². The maximum absolute atomic E-state index is 9.51. The Labute approximate surface area is 119 Å². The summed E-state index contributed by atoms with van der Waals surface area (Å²) < 4.78 is 2.16. The largest absolute Gasteiger partial charge is 0.399 e. The lowest BCUT2D eigenvalue weighted by Crippen LogP contribution is -2.11. The molecule has 0 atom stereocenters. The summed E-state index contributed by atoms with van der Waals surface area (Å²) >= 11 is 0. The number of aryl methyl sites for hydroxylation is 1. The van der Waals surface area contributed by atoms with Gasteiger partial charge in [0, 0.05) is 12.2 Å². The van der Waals surface area contributed by atoms with Crippen LogP contribution >= 0.6 is 0 Å². The Morgan fingerprint density at radius 1 is 1.25 bits per heavy atom. The quantitative estimate of drug-likeness (QED) is 0.841. The number of imidazole rings is 1. The van der Waals surface area contributed by atoms with Gasteiger partial charge >= 0.3 is 0 Å². The van der Waals surface area contributed by atoms with E-state index in [9.17, 15) is 5.11 Å². The van der Waals surface area contributed by atoms with E-state index in [2.05, 4.69) is 9.55 Å². The molecule has 1 aromatic carbocycles. The fraction of sp³-hybridized carbons (Fsp3) is 0.562. The van der Waals surface area contributed by atoms with Crippen LogP contribution in [0.3, 0.4) is 0 Å². The highest BCUT2D eigenvalue weighted by molar-refractivity contribution is 5.79. The summed E-state index contributed by atoms with van der Waals surface area (Å²) in [6, 6.07) is 5.80. The summed E-state index contributed by atoms with van der Waals surface area (Å²) in [7, 11) is 0. The van der Waals surface area contributed by atoms with Crippen molar-refractivity contribution in [2.75, 3.05) is 5.73 Å². The molecule has 0 radical (unpaired) electrons. The zero-order valence-electron chi connectivity index (χ0n) is 11.9. The molecule has 1 fully saturated rings. The maximum Gasteiger partial charge on any atom is 0.135 e. The van der Waals surface area contributed by atoms with Crippen molar-refractivity contribution in [3.63, 3.8) is 0 Å². The summed E-state index contributed by atoms with van der Waals surface area (Å²) in [5.41, 5.74) is 8.49. The molecule has 1 aromatic heterocycles. The molecule has 1 saturated carbocycles. The topological polar surface area (TPSA) is 64.1 Å². The molecule has 4 heteroatoms. The van der Waals surface area contributed by atoms with Gasteiger partial charge in [0.25, 0.3) is 0 Å². The van der Waals surface area contributed by atoms with Crippen molar-refractivity contribution in [2.24, 2.45) is 5.92 Å². The molecule has 4 nitrogen and oxygen atoms in total. The van der Waals surface area contributed by atoms with Crippen molar-refractivity contribution in [1.29, 1.82) is 0 Å². The van der Waals surface area contributed by atoms with E-state index in [0.717, 1.165) is 35.0 Å². The van der Waals surface area contributed by atoms with E-state index in [1.165, 1.54) is 38.5 Å². The first kappa shape index (κ1) is 13.4. The van der Waals surface area contributed by atoms with Crippen molar-refractivity contribution in [1.82, 2.24) is 9.55 Å². The average Bonchev–Trinajstić information content (AvgIpc) is 2.83. The van der Waals surface area contributed by atoms with Crippen LogP contribution in [0.1, 0.15) is 44.3 Å². The number of hydrogen-bond donors (Lipinski definition) is 2. The van der Waals surface area contributed by atoms with Crippen molar-refractivity contribution in [3.8, 4) is 0 Å². The van der Waals surface area contributed by atoms with Gasteiger partial charge in [-0.05, 0) is 30.5 Å². The first-order chi connectivity index (χ1) is 9.78. The van der Waals surface area contributed by atoms with Crippen molar-refractivity contribution in [3.05, 3.63) is 24.0 Å². The first-order valence-corrected chi connectivity index (χ1v) is 7.63. The molecule has 0 bridgehead atoms. The number of anilines is 1. The smallest absolute Gasteiger partial charge is 0.135 e. The van der Waals surface area contributed by atoms with Gasteiger partial charge in [0.15, 0.2) is 0 Å². The standard InChI is InChI=1S/C16H23N3O/c17-13-6-7-15-14(10-13)18-16(11-20)19(15)9-8-12-4-2-1-3-5-12/h6-7,10,12,20H,1-5,8-9,11,17H2. The third-order valence-electron chi connectivity index (χ3n) is 4.48. The van der Waals surface area contributed by atoms with Crippen LogP contribution < -0.4 is 5.73 Å². The lowest BCUT2D eigenvalue weighted by molar-refractivity contribution is 0.261. The third kappa shape index (κ3) is 2.66.